The molecule has 0 spiro atoms. The molecule has 3 rings (SSSR count). The highest BCUT2D eigenvalue weighted by Crippen LogP contribution is 2.25. The normalized spacial score (nSPS) is 17.0. The van der Waals surface area contributed by atoms with E-state index in [2.05, 4.69) is 0 Å². The molecule has 0 aromatic heterocycles. The minimum atomic E-state index is -0.336. The molecule has 1 fully saturated rings. The molecule has 7 heteroatoms. The second kappa shape index (κ2) is 7.50. The second-order valence-electron chi connectivity index (χ2n) is 7.40. The van der Waals surface area contributed by atoms with Gasteiger partial charge in [-0.2, -0.15) is 0 Å². The standard InChI is InChI=1S/C20H25N3O4/c1-4-17(24)21-7-9-22(10-8-21)18(25)14-5-6-15-16(11-14)20(27)23(19(15)26)12-13(2)3/h5-6,11,13H,4,7-10,12H2,1-3H3. The number of carbonyl (C=O) groups is 4. The predicted octanol–water partition coefficient (Wildman–Crippen LogP) is 1.63. The molecule has 144 valence electrons. The summed E-state index contributed by atoms with van der Waals surface area (Å²) in [5.41, 5.74) is 1.05. The number of rotatable bonds is 4. The summed E-state index contributed by atoms with van der Waals surface area (Å²) >= 11 is 0. The van der Waals surface area contributed by atoms with Crippen molar-refractivity contribution in [2.24, 2.45) is 5.92 Å². The van der Waals surface area contributed by atoms with Crippen molar-refractivity contribution in [2.45, 2.75) is 27.2 Å². The van der Waals surface area contributed by atoms with E-state index in [-0.39, 0.29) is 29.5 Å². The van der Waals surface area contributed by atoms with Crippen molar-refractivity contribution in [3.05, 3.63) is 34.9 Å². The third kappa shape index (κ3) is 3.59. The van der Waals surface area contributed by atoms with Gasteiger partial charge in [0.15, 0.2) is 0 Å². The Morgan fingerprint density at radius 3 is 2.15 bits per heavy atom. The van der Waals surface area contributed by atoms with Gasteiger partial charge < -0.3 is 9.80 Å². The highest BCUT2D eigenvalue weighted by atomic mass is 16.2. The third-order valence-corrected chi connectivity index (χ3v) is 4.99. The van der Waals surface area contributed by atoms with Crippen LogP contribution in [0, 0.1) is 5.92 Å². The first-order chi connectivity index (χ1) is 12.8. The summed E-state index contributed by atoms with van der Waals surface area (Å²) in [7, 11) is 0. The van der Waals surface area contributed by atoms with E-state index < -0.39 is 0 Å². The molecule has 0 saturated carbocycles. The summed E-state index contributed by atoms with van der Waals surface area (Å²) in [4.78, 5) is 54.3. The van der Waals surface area contributed by atoms with Crippen molar-refractivity contribution in [3.63, 3.8) is 0 Å². The molecular formula is C20H25N3O4. The van der Waals surface area contributed by atoms with Crippen LogP contribution in [0.2, 0.25) is 0 Å². The lowest BCUT2D eigenvalue weighted by molar-refractivity contribution is -0.132. The monoisotopic (exact) mass is 371 g/mol. The van der Waals surface area contributed by atoms with Crippen molar-refractivity contribution in [1.29, 1.82) is 0 Å². The maximum absolute atomic E-state index is 12.8. The van der Waals surface area contributed by atoms with E-state index in [1.54, 1.807) is 21.9 Å². The van der Waals surface area contributed by atoms with Gasteiger partial charge in [-0.05, 0) is 24.1 Å². The van der Waals surface area contributed by atoms with E-state index >= 15 is 0 Å². The Morgan fingerprint density at radius 1 is 0.963 bits per heavy atom. The molecule has 2 aliphatic heterocycles. The van der Waals surface area contributed by atoms with Crippen LogP contribution < -0.4 is 0 Å². The van der Waals surface area contributed by atoms with E-state index in [4.69, 9.17) is 0 Å². The number of piperazine rings is 1. The highest BCUT2D eigenvalue weighted by Gasteiger charge is 2.36. The van der Waals surface area contributed by atoms with Crippen molar-refractivity contribution >= 4 is 23.6 Å². The molecule has 0 bridgehead atoms. The Morgan fingerprint density at radius 2 is 1.56 bits per heavy atom. The van der Waals surface area contributed by atoms with Gasteiger partial charge in [-0.15, -0.1) is 0 Å². The third-order valence-electron chi connectivity index (χ3n) is 4.99. The lowest BCUT2D eigenvalue weighted by Crippen LogP contribution is -2.50. The molecule has 4 amide bonds. The van der Waals surface area contributed by atoms with Gasteiger partial charge in [0.05, 0.1) is 11.1 Å². The Balaban J connectivity index is 1.74. The van der Waals surface area contributed by atoms with Crippen LogP contribution in [0.25, 0.3) is 0 Å². The smallest absolute Gasteiger partial charge is 0.261 e. The van der Waals surface area contributed by atoms with Crippen molar-refractivity contribution in [2.75, 3.05) is 32.7 Å². The summed E-state index contributed by atoms with van der Waals surface area (Å²) in [6.45, 7) is 8.05. The molecule has 1 saturated heterocycles. The zero-order valence-corrected chi connectivity index (χ0v) is 16.0. The molecular weight excluding hydrogens is 346 g/mol. The number of imide groups is 1. The number of amides is 4. The SMILES string of the molecule is CCC(=O)N1CCN(C(=O)c2ccc3c(c2)C(=O)N(CC(C)C)C3=O)CC1. The van der Waals surface area contributed by atoms with E-state index in [0.29, 0.717) is 55.8 Å². The first-order valence-corrected chi connectivity index (χ1v) is 9.40. The lowest BCUT2D eigenvalue weighted by Gasteiger charge is -2.34. The molecule has 2 heterocycles. The minimum absolute atomic E-state index is 0.0917. The average Bonchev–Trinajstić information content (AvgIpc) is 2.91. The van der Waals surface area contributed by atoms with Gasteiger partial charge in [0.25, 0.3) is 17.7 Å². The Kier molecular flexibility index (Phi) is 5.30. The number of nitrogens with zero attached hydrogens (tertiary/aromatic N) is 3. The minimum Gasteiger partial charge on any atom is -0.339 e. The van der Waals surface area contributed by atoms with Crippen LogP contribution in [0.1, 0.15) is 58.3 Å². The van der Waals surface area contributed by atoms with Gasteiger partial charge in [-0.1, -0.05) is 20.8 Å². The summed E-state index contributed by atoms with van der Waals surface area (Å²) in [6, 6.07) is 4.70. The topological polar surface area (TPSA) is 78.0 Å². The van der Waals surface area contributed by atoms with E-state index in [9.17, 15) is 19.2 Å². The molecule has 0 atom stereocenters. The Labute approximate surface area is 158 Å². The van der Waals surface area contributed by atoms with Crippen LogP contribution in [-0.4, -0.2) is 71.1 Å². The lowest BCUT2D eigenvalue weighted by atomic mass is 10.0. The molecule has 0 unspecified atom stereocenters. The molecule has 1 aromatic carbocycles. The zero-order chi connectivity index (χ0) is 19.7. The molecule has 1 aromatic rings. The number of benzene rings is 1. The van der Waals surface area contributed by atoms with E-state index in [1.165, 1.54) is 11.0 Å². The number of hydrogen-bond donors (Lipinski definition) is 0. The number of hydrogen-bond acceptors (Lipinski definition) is 4. The van der Waals surface area contributed by atoms with Crippen LogP contribution in [0.15, 0.2) is 18.2 Å². The number of fused-ring (bicyclic) bond motifs is 1. The van der Waals surface area contributed by atoms with Crippen molar-refractivity contribution in [1.82, 2.24) is 14.7 Å². The predicted molar refractivity (Wildman–Crippen MR) is 99.4 cm³/mol. The maximum Gasteiger partial charge on any atom is 0.261 e. The summed E-state index contributed by atoms with van der Waals surface area (Å²) in [5.74, 6) is -0.542. The quantitative estimate of drug-likeness (QED) is 0.754. The fraction of sp³-hybridized carbons (Fsp3) is 0.500. The van der Waals surface area contributed by atoms with E-state index in [0.717, 1.165) is 0 Å². The van der Waals surface area contributed by atoms with Gasteiger partial charge in [0.2, 0.25) is 5.91 Å². The second-order valence-corrected chi connectivity index (χ2v) is 7.40. The Hall–Kier alpha value is -2.70. The zero-order valence-electron chi connectivity index (χ0n) is 16.0. The molecule has 0 radical (unpaired) electrons. The van der Waals surface area contributed by atoms with Crippen LogP contribution in [0.3, 0.4) is 0 Å². The maximum atomic E-state index is 12.8. The van der Waals surface area contributed by atoms with Crippen LogP contribution in [-0.2, 0) is 4.79 Å². The average molecular weight is 371 g/mol. The number of carbonyl (C=O) groups excluding carboxylic acids is 4. The highest BCUT2D eigenvalue weighted by molar-refractivity contribution is 6.22. The largest absolute Gasteiger partial charge is 0.339 e. The summed E-state index contributed by atoms with van der Waals surface area (Å²) in [6.07, 6.45) is 0.460. The summed E-state index contributed by atoms with van der Waals surface area (Å²) < 4.78 is 0. The molecule has 7 nitrogen and oxygen atoms in total. The summed E-state index contributed by atoms with van der Waals surface area (Å²) in [5, 5.41) is 0. The Bertz CT molecular complexity index is 794. The van der Waals surface area contributed by atoms with Crippen LogP contribution >= 0.6 is 0 Å². The first kappa shape index (κ1) is 19.1. The first-order valence-electron chi connectivity index (χ1n) is 9.40. The van der Waals surface area contributed by atoms with Crippen LogP contribution in [0.4, 0.5) is 0 Å². The van der Waals surface area contributed by atoms with Gasteiger partial charge in [0, 0.05) is 44.7 Å². The molecule has 27 heavy (non-hydrogen) atoms. The van der Waals surface area contributed by atoms with Gasteiger partial charge in [-0.25, -0.2) is 0 Å². The van der Waals surface area contributed by atoms with E-state index in [1.807, 2.05) is 20.8 Å². The van der Waals surface area contributed by atoms with Gasteiger partial charge in [0.1, 0.15) is 0 Å². The van der Waals surface area contributed by atoms with Crippen LogP contribution in [0.5, 0.6) is 0 Å². The van der Waals surface area contributed by atoms with Gasteiger partial charge in [-0.3, -0.25) is 24.1 Å². The molecule has 2 aliphatic rings. The fourth-order valence-corrected chi connectivity index (χ4v) is 3.52. The molecule has 0 aliphatic carbocycles. The fourth-order valence-electron chi connectivity index (χ4n) is 3.52. The van der Waals surface area contributed by atoms with Gasteiger partial charge >= 0.3 is 0 Å². The van der Waals surface area contributed by atoms with Crippen molar-refractivity contribution in [3.8, 4) is 0 Å². The molecule has 0 N–H and O–H groups in total. The van der Waals surface area contributed by atoms with Crippen molar-refractivity contribution < 1.29 is 19.2 Å².